The van der Waals surface area contributed by atoms with Gasteiger partial charge in [0, 0.05) is 12.0 Å². The largest absolute Gasteiger partial charge is 0.461 e. The van der Waals surface area contributed by atoms with Crippen LogP contribution in [-0.2, 0) is 6.42 Å². The molecule has 1 aromatic carbocycles. The number of halogens is 2. The summed E-state index contributed by atoms with van der Waals surface area (Å²) in [6.07, 6.45) is 1.70. The van der Waals surface area contributed by atoms with Crippen molar-refractivity contribution < 1.29 is 8.81 Å². The van der Waals surface area contributed by atoms with Gasteiger partial charge in [-0.25, -0.2) is 4.39 Å². The van der Waals surface area contributed by atoms with Crippen molar-refractivity contribution in [3.05, 3.63) is 46.9 Å². The Morgan fingerprint density at radius 1 is 1.24 bits per heavy atom. The van der Waals surface area contributed by atoms with Gasteiger partial charge in [-0.05, 0) is 43.3 Å². The van der Waals surface area contributed by atoms with Crippen molar-refractivity contribution in [3.63, 3.8) is 0 Å². The summed E-state index contributed by atoms with van der Waals surface area (Å²) in [5.74, 6) is 1.15. The first kappa shape index (κ1) is 12.1. The van der Waals surface area contributed by atoms with Crippen molar-refractivity contribution in [1.82, 2.24) is 0 Å². The molecule has 0 aliphatic carbocycles. The molecule has 0 atom stereocenters. The Morgan fingerprint density at radius 2 is 2.06 bits per heavy atom. The Balaban J connectivity index is 2.21. The summed E-state index contributed by atoms with van der Waals surface area (Å²) in [6, 6.07) is 8.30. The smallest absolute Gasteiger partial charge is 0.141 e. The fourth-order valence-electron chi connectivity index (χ4n) is 1.59. The molecule has 0 spiro atoms. The van der Waals surface area contributed by atoms with E-state index in [2.05, 4.69) is 0 Å². The van der Waals surface area contributed by atoms with Gasteiger partial charge in [-0.2, -0.15) is 0 Å². The predicted molar refractivity (Wildman–Crippen MR) is 66.5 cm³/mol. The van der Waals surface area contributed by atoms with Crippen LogP contribution in [0.3, 0.4) is 0 Å². The number of hydrogen-bond donors (Lipinski definition) is 1. The summed E-state index contributed by atoms with van der Waals surface area (Å²) in [4.78, 5) is 0. The summed E-state index contributed by atoms with van der Waals surface area (Å²) >= 11 is 5.72. The van der Waals surface area contributed by atoms with Gasteiger partial charge in [0.25, 0.3) is 0 Å². The van der Waals surface area contributed by atoms with Crippen LogP contribution >= 0.6 is 11.6 Å². The normalized spacial score (nSPS) is 10.8. The first-order chi connectivity index (χ1) is 8.20. The van der Waals surface area contributed by atoms with Gasteiger partial charge in [-0.3, -0.25) is 0 Å². The lowest BCUT2D eigenvalue weighted by atomic mass is 10.2. The van der Waals surface area contributed by atoms with Crippen LogP contribution in [-0.4, -0.2) is 6.54 Å². The van der Waals surface area contributed by atoms with Gasteiger partial charge in [-0.15, -0.1) is 0 Å². The third-order valence-corrected chi connectivity index (χ3v) is 2.78. The molecule has 0 amide bonds. The zero-order valence-electron chi connectivity index (χ0n) is 9.25. The fraction of sp³-hybridized carbons (Fsp3) is 0.231. The Morgan fingerprint density at radius 3 is 2.76 bits per heavy atom. The van der Waals surface area contributed by atoms with E-state index in [-0.39, 0.29) is 5.02 Å². The predicted octanol–water partition coefficient (Wildman–Crippen LogP) is 3.63. The van der Waals surface area contributed by atoms with Crippen molar-refractivity contribution in [1.29, 1.82) is 0 Å². The number of aryl methyl sites for hydroxylation is 1. The SMILES string of the molecule is NCCCc1ccc(-c2ccc(F)c(Cl)c2)o1. The lowest BCUT2D eigenvalue weighted by molar-refractivity contribution is 0.515. The maximum atomic E-state index is 13.0. The minimum atomic E-state index is -0.426. The zero-order chi connectivity index (χ0) is 12.3. The Bertz CT molecular complexity index is 510. The van der Waals surface area contributed by atoms with Crippen LogP contribution in [0.5, 0.6) is 0 Å². The van der Waals surface area contributed by atoms with Gasteiger partial charge in [0.05, 0.1) is 5.02 Å². The monoisotopic (exact) mass is 253 g/mol. The quantitative estimate of drug-likeness (QED) is 0.904. The number of furan rings is 1. The van der Waals surface area contributed by atoms with Crippen LogP contribution < -0.4 is 5.73 Å². The topological polar surface area (TPSA) is 39.2 Å². The second-order valence-corrected chi connectivity index (χ2v) is 4.19. The molecule has 0 fully saturated rings. The lowest BCUT2D eigenvalue weighted by Gasteiger charge is -1.99. The van der Waals surface area contributed by atoms with Gasteiger partial charge >= 0.3 is 0 Å². The molecule has 2 rings (SSSR count). The number of nitrogens with two attached hydrogens (primary N) is 1. The molecule has 0 unspecified atom stereocenters. The number of hydrogen-bond acceptors (Lipinski definition) is 2. The highest BCUT2D eigenvalue weighted by Gasteiger charge is 2.07. The van der Waals surface area contributed by atoms with Gasteiger partial charge in [-0.1, -0.05) is 11.6 Å². The highest BCUT2D eigenvalue weighted by Crippen LogP contribution is 2.26. The second kappa shape index (κ2) is 5.34. The van der Waals surface area contributed by atoms with Crippen LogP contribution in [0.1, 0.15) is 12.2 Å². The van der Waals surface area contributed by atoms with E-state index in [0.29, 0.717) is 12.3 Å². The van der Waals surface area contributed by atoms with E-state index >= 15 is 0 Å². The molecule has 0 saturated heterocycles. The maximum Gasteiger partial charge on any atom is 0.141 e. The Kier molecular flexibility index (Phi) is 3.82. The van der Waals surface area contributed by atoms with Crippen molar-refractivity contribution in [2.75, 3.05) is 6.54 Å². The number of rotatable bonds is 4. The molecule has 0 aliphatic rings. The molecular formula is C13H13ClFNO. The molecule has 90 valence electrons. The minimum absolute atomic E-state index is 0.0995. The minimum Gasteiger partial charge on any atom is -0.461 e. The fourth-order valence-corrected chi connectivity index (χ4v) is 1.77. The maximum absolute atomic E-state index is 13.0. The summed E-state index contributed by atoms with van der Waals surface area (Å²) in [5, 5.41) is 0.0995. The van der Waals surface area contributed by atoms with E-state index in [1.54, 1.807) is 12.1 Å². The summed E-state index contributed by atoms with van der Waals surface area (Å²) in [5.41, 5.74) is 6.20. The standard InChI is InChI=1S/C13H13ClFNO/c14-11-8-9(3-5-12(11)15)13-6-4-10(17-13)2-1-7-16/h3-6,8H,1-2,7,16H2. The van der Waals surface area contributed by atoms with Crippen molar-refractivity contribution in [2.45, 2.75) is 12.8 Å². The van der Waals surface area contributed by atoms with Crippen LogP contribution in [0, 0.1) is 5.82 Å². The van der Waals surface area contributed by atoms with E-state index in [1.165, 1.54) is 6.07 Å². The van der Waals surface area contributed by atoms with E-state index < -0.39 is 5.82 Å². The van der Waals surface area contributed by atoms with Gasteiger partial charge in [0.1, 0.15) is 17.3 Å². The summed E-state index contributed by atoms with van der Waals surface area (Å²) < 4.78 is 18.6. The molecule has 4 heteroatoms. The summed E-state index contributed by atoms with van der Waals surface area (Å²) in [6.45, 7) is 0.637. The zero-order valence-corrected chi connectivity index (χ0v) is 10.0. The highest BCUT2D eigenvalue weighted by molar-refractivity contribution is 6.31. The molecule has 0 bridgehead atoms. The van der Waals surface area contributed by atoms with Crippen LogP contribution in [0.15, 0.2) is 34.7 Å². The average Bonchev–Trinajstić information content (AvgIpc) is 2.79. The Labute approximate surface area is 104 Å². The van der Waals surface area contributed by atoms with E-state index in [0.717, 1.165) is 24.2 Å². The molecule has 17 heavy (non-hydrogen) atoms. The van der Waals surface area contributed by atoms with E-state index in [4.69, 9.17) is 21.8 Å². The highest BCUT2D eigenvalue weighted by atomic mass is 35.5. The van der Waals surface area contributed by atoms with Gasteiger partial charge in [0.2, 0.25) is 0 Å². The lowest BCUT2D eigenvalue weighted by Crippen LogP contribution is -1.99. The van der Waals surface area contributed by atoms with Crippen LogP contribution in [0.4, 0.5) is 4.39 Å². The third-order valence-electron chi connectivity index (χ3n) is 2.49. The molecule has 1 heterocycles. The molecule has 1 aromatic heterocycles. The molecule has 0 saturated carbocycles. The van der Waals surface area contributed by atoms with Crippen molar-refractivity contribution in [3.8, 4) is 11.3 Å². The molecule has 2 N–H and O–H groups in total. The van der Waals surface area contributed by atoms with Crippen molar-refractivity contribution in [2.24, 2.45) is 5.73 Å². The third kappa shape index (κ3) is 2.87. The summed E-state index contributed by atoms with van der Waals surface area (Å²) in [7, 11) is 0. The van der Waals surface area contributed by atoms with E-state index in [1.807, 2.05) is 12.1 Å². The van der Waals surface area contributed by atoms with Crippen LogP contribution in [0.25, 0.3) is 11.3 Å². The van der Waals surface area contributed by atoms with Crippen molar-refractivity contribution >= 4 is 11.6 Å². The average molecular weight is 254 g/mol. The first-order valence-electron chi connectivity index (χ1n) is 5.45. The van der Waals surface area contributed by atoms with Crippen LogP contribution in [0.2, 0.25) is 5.02 Å². The van der Waals surface area contributed by atoms with E-state index in [9.17, 15) is 4.39 Å². The first-order valence-corrected chi connectivity index (χ1v) is 5.82. The molecule has 2 nitrogen and oxygen atoms in total. The molecule has 2 aromatic rings. The van der Waals surface area contributed by atoms with Gasteiger partial charge < -0.3 is 10.2 Å². The number of benzene rings is 1. The molecular weight excluding hydrogens is 241 g/mol. The molecule has 0 radical (unpaired) electrons. The Hall–Kier alpha value is -1.32. The van der Waals surface area contributed by atoms with Gasteiger partial charge in [0.15, 0.2) is 0 Å². The second-order valence-electron chi connectivity index (χ2n) is 3.79. The molecule has 0 aliphatic heterocycles.